The van der Waals surface area contributed by atoms with Crippen molar-refractivity contribution in [1.29, 1.82) is 0 Å². The average molecular weight is 980 g/mol. The van der Waals surface area contributed by atoms with Gasteiger partial charge in [-0.3, -0.25) is 14.4 Å². The van der Waals surface area contributed by atoms with Gasteiger partial charge in [-0.15, -0.1) is 0 Å². The van der Waals surface area contributed by atoms with Crippen LogP contribution < -0.4 is 0 Å². The zero-order chi connectivity index (χ0) is 51.4. The van der Waals surface area contributed by atoms with Crippen molar-refractivity contribution in [3.05, 3.63) is 146 Å². The van der Waals surface area contributed by atoms with Gasteiger partial charge in [-0.25, -0.2) is 0 Å². The van der Waals surface area contributed by atoms with Crippen LogP contribution in [0.1, 0.15) is 226 Å². The quantitative estimate of drug-likeness (QED) is 0.0262. The first-order chi connectivity index (χ1) is 35.0. The van der Waals surface area contributed by atoms with Gasteiger partial charge in [-0.2, -0.15) is 0 Å². The number of carbonyl (C=O) groups is 3. The van der Waals surface area contributed by atoms with Crippen LogP contribution in [0.4, 0.5) is 0 Å². The molecule has 1 atom stereocenters. The molecule has 0 radical (unpaired) electrons. The van der Waals surface area contributed by atoms with Gasteiger partial charge in [-0.1, -0.05) is 224 Å². The van der Waals surface area contributed by atoms with E-state index in [-0.39, 0.29) is 38.0 Å². The summed E-state index contributed by atoms with van der Waals surface area (Å²) in [6.45, 7) is 6.35. The highest BCUT2D eigenvalue weighted by Gasteiger charge is 2.19. The lowest BCUT2D eigenvalue weighted by Crippen LogP contribution is -2.30. The summed E-state index contributed by atoms with van der Waals surface area (Å²) in [5.41, 5.74) is 0. The van der Waals surface area contributed by atoms with Crippen molar-refractivity contribution in [3.63, 3.8) is 0 Å². The minimum absolute atomic E-state index is 0.141. The van der Waals surface area contributed by atoms with Crippen LogP contribution in [-0.2, 0) is 28.6 Å². The minimum Gasteiger partial charge on any atom is -0.462 e. The zero-order valence-corrected chi connectivity index (χ0v) is 45.4. The third kappa shape index (κ3) is 56.1. The first-order valence-electron chi connectivity index (χ1n) is 28.3. The number of hydrogen-bond acceptors (Lipinski definition) is 6. The van der Waals surface area contributed by atoms with Crippen LogP contribution in [0.15, 0.2) is 146 Å². The molecule has 0 spiro atoms. The standard InChI is InChI=1S/C65H102O6/c1-4-7-10-13-16-19-22-25-28-31-32-35-38-41-44-47-50-53-56-59-65(68)71-62(60-69-63(66)57-54-51-48-45-42-39-36-33-29-26-23-20-17-14-11-8-5-2)61-70-64(67)58-55-52-49-46-43-40-37-34-30-27-24-21-18-15-12-9-6-3/h7,10,16-17,19-20,25-30,32,35-37,39-41,44,46,49-50,53,62H,4-6,8-9,11-15,18,21-24,31,33-34,38,42-43,45,47-48,51-52,54-61H2,1-3H3/b10-7-,19-16-,20-17-,28-25-,29-26-,30-27-,35-32-,39-36-,40-37-,44-41-,49-46-,53-50-/t62-/m1/s1. The number of carbonyl (C=O) groups excluding carboxylic acids is 3. The third-order valence-corrected chi connectivity index (χ3v) is 11.3. The molecule has 0 N–H and O–H groups in total. The van der Waals surface area contributed by atoms with Crippen molar-refractivity contribution < 1.29 is 28.6 Å². The molecule has 0 fully saturated rings. The molecular weight excluding hydrogens is 877 g/mol. The van der Waals surface area contributed by atoms with Crippen LogP contribution >= 0.6 is 0 Å². The second-order valence-corrected chi connectivity index (χ2v) is 18.1. The topological polar surface area (TPSA) is 78.9 Å². The molecular formula is C65H102O6. The molecule has 0 aromatic carbocycles. The normalized spacial score (nSPS) is 13.2. The predicted molar refractivity (Wildman–Crippen MR) is 306 cm³/mol. The second-order valence-electron chi connectivity index (χ2n) is 18.1. The van der Waals surface area contributed by atoms with Crippen molar-refractivity contribution in [2.75, 3.05) is 13.2 Å². The Labute approximate surface area is 436 Å². The molecule has 0 saturated heterocycles. The van der Waals surface area contributed by atoms with E-state index in [0.717, 1.165) is 103 Å². The van der Waals surface area contributed by atoms with Crippen LogP contribution in [0.3, 0.4) is 0 Å². The number of ether oxygens (including phenoxy) is 3. The number of unbranched alkanes of at least 4 members (excludes halogenated alkanes) is 14. The Kier molecular flexibility index (Phi) is 54.0. The van der Waals surface area contributed by atoms with Gasteiger partial charge in [0.2, 0.25) is 0 Å². The van der Waals surface area contributed by atoms with Crippen molar-refractivity contribution in [2.45, 2.75) is 232 Å². The molecule has 0 aliphatic rings. The fourth-order valence-electron chi connectivity index (χ4n) is 7.08. The molecule has 0 aliphatic heterocycles. The summed E-state index contributed by atoms with van der Waals surface area (Å²) in [4.78, 5) is 38.1. The number of allylic oxidation sites excluding steroid dienone is 24. The molecule has 0 bridgehead atoms. The van der Waals surface area contributed by atoms with Gasteiger partial charge in [0.1, 0.15) is 13.2 Å². The fraction of sp³-hybridized carbons (Fsp3) is 0.585. The first-order valence-corrected chi connectivity index (χ1v) is 28.3. The molecule has 0 amide bonds. The maximum absolute atomic E-state index is 12.8. The van der Waals surface area contributed by atoms with Crippen molar-refractivity contribution >= 4 is 17.9 Å². The van der Waals surface area contributed by atoms with E-state index in [1.54, 1.807) is 0 Å². The van der Waals surface area contributed by atoms with Crippen LogP contribution in [0, 0.1) is 0 Å². The van der Waals surface area contributed by atoms with Crippen molar-refractivity contribution in [3.8, 4) is 0 Å². The Balaban J connectivity index is 4.65. The van der Waals surface area contributed by atoms with Crippen LogP contribution in [0.25, 0.3) is 0 Å². The zero-order valence-electron chi connectivity index (χ0n) is 45.4. The lowest BCUT2D eigenvalue weighted by molar-refractivity contribution is -0.166. The molecule has 398 valence electrons. The molecule has 0 rings (SSSR count). The number of rotatable bonds is 49. The summed E-state index contributed by atoms with van der Waals surface area (Å²) in [5.74, 6) is -1.11. The van der Waals surface area contributed by atoms with E-state index in [1.807, 2.05) is 12.2 Å². The second kappa shape index (κ2) is 57.9. The number of hydrogen-bond donors (Lipinski definition) is 0. The average Bonchev–Trinajstić information content (AvgIpc) is 3.37. The molecule has 0 heterocycles. The van der Waals surface area contributed by atoms with Crippen LogP contribution in [-0.4, -0.2) is 37.2 Å². The fourth-order valence-corrected chi connectivity index (χ4v) is 7.08. The molecule has 0 aliphatic carbocycles. The smallest absolute Gasteiger partial charge is 0.306 e. The van der Waals surface area contributed by atoms with Gasteiger partial charge >= 0.3 is 17.9 Å². The van der Waals surface area contributed by atoms with E-state index < -0.39 is 12.1 Å². The summed E-state index contributed by atoms with van der Waals surface area (Å²) in [6, 6.07) is 0. The van der Waals surface area contributed by atoms with E-state index in [9.17, 15) is 14.4 Å². The van der Waals surface area contributed by atoms with Gasteiger partial charge < -0.3 is 14.2 Å². The lowest BCUT2D eigenvalue weighted by atomic mass is 10.1. The van der Waals surface area contributed by atoms with E-state index >= 15 is 0 Å². The van der Waals surface area contributed by atoms with Gasteiger partial charge in [0.25, 0.3) is 0 Å². The third-order valence-electron chi connectivity index (χ3n) is 11.3. The summed E-state index contributed by atoms with van der Waals surface area (Å²) in [6.07, 6.45) is 82.8. The largest absolute Gasteiger partial charge is 0.462 e. The van der Waals surface area contributed by atoms with Crippen LogP contribution in [0.2, 0.25) is 0 Å². The maximum atomic E-state index is 12.8. The maximum Gasteiger partial charge on any atom is 0.306 e. The summed E-state index contributed by atoms with van der Waals surface area (Å²) < 4.78 is 16.7. The van der Waals surface area contributed by atoms with Crippen molar-refractivity contribution in [2.24, 2.45) is 0 Å². The minimum atomic E-state index is -0.855. The van der Waals surface area contributed by atoms with Gasteiger partial charge in [-0.05, 0) is 128 Å². The highest BCUT2D eigenvalue weighted by atomic mass is 16.6. The highest BCUT2D eigenvalue weighted by molar-refractivity contribution is 5.71. The van der Waals surface area contributed by atoms with Crippen LogP contribution in [0.5, 0.6) is 0 Å². The van der Waals surface area contributed by atoms with Crippen molar-refractivity contribution in [1.82, 2.24) is 0 Å². The van der Waals surface area contributed by atoms with Gasteiger partial charge in [0.05, 0.1) is 0 Å². The van der Waals surface area contributed by atoms with Gasteiger partial charge in [0, 0.05) is 19.3 Å². The Morgan fingerprint density at radius 1 is 0.296 bits per heavy atom. The van der Waals surface area contributed by atoms with E-state index in [1.165, 1.54) is 70.6 Å². The van der Waals surface area contributed by atoms with E-state index in [4.69, 9.17) is 14.2 Å². The molecule has 6 nitrogen and oxygen atoms in total. The van der Waals surface area contributed by atoms with E-state index in [0.29, 0.717) is 19.3 Å². The Bertz CT molecular complexity index is 1590. The predicted octanol–water partition coefficient (Wildman–Crippen LogP) is 19.2. The molecule has 71 heavy (non-hydrogen) atoms. The van der Waals surface area contributed by atoms with Gasteiger partial charge in [0.15, 0.2) is 6.10 Å². The molecule has 0 aromatic rings. The monoisotopic (exact) mass is 979 g/mol. The Morgan fingerprint density at radius 3 is 1.00 bits per heavy atom. The number of esters is 3. The Hall–Kier alpha value is -4.71. The summed E-state index contributed by atoms with van der Waals surface area (Å²) in [5, 5.41) is 0. The van der Waals surface area contributed by atoms with E-state index in [2.05, 4.69) is 154 Å². The molecule has 6 heteroatoms. The highest BCUT2D eigenvalue weighted by Crippen LogP contribution is 2.11. The first kappa shape index (κ1) is 66.3. The molecule has 0 aromatic heterocycles. The molecule has 0 unspecified atom stereocenters. The molecule has 0 saturated carbocycles. The Morgan fingerprint density at radius 2 is 0.592 bits per heavy atom. The summed E-state index contributed by atoms with van der Waals surface area (Å²) >= 11 is 0. The lowest BCUT2D eigenvalue weighted by Gasteiger charge is -2.18. The summed E-state index contributed by atoms with van der Waals surface area (Å²) in [7, 11) is 0. The SMILES string of the molecule is CC/C=C\C/C=C\C/C=C\C/C=C\C/C=C\C/C=C\CCC(=O)O[C@@H](COC(=O)CCC/C=C\C/C=C\C/C=C\CCCCCCCC)COC(=O)CCCCCC/C=C\C/C=C\C/C=C\CCCCC.